The van der Waals surface area contributed by atoms with E-state index in [0.717, 1.165) is 0 Å². The van der Waals surface area contributed by atoms with Gasteiger partial charge in [0.1, 0.15) is 0 Å². The fraction of sp³-hybridized carbons (Fsp3) is 0.889. The molecule has 0 aromatic heterocycles. The van der Waals surface area contributed by atoms with Crippen LogP contribution in [0.3, 0.4) is 0 Å². The molecule has 0 saturated heterocycles. The highest BCUT2D eigenvalue weighted by molar-refractivity contribution is 6.18. The summed E-state index contributed by atoms with van der Waals surface area (Å²) in [7, 11) is 0. The smallest absolute Gasteiger partial charge is 0.304 e. The van der Waals surface area contributed by atoms with E-state index in [-0.39, 0.29) is 12.3 Å². The summed E-state index contributed by atoms with van der Waals surface area (Å²) in [5.41, 5.74) is 0. The molecular formula is C9H15ClO2. The molecule has 0 aromatic carbocycles. The second-order valence-corrected chi connectivity index (χ2v) is 3.89. The molecule has 0 atom stereocenters. The number of carbonyl (C=O) groups is 1. The molecule has 0 heterocycles. The van der Waals surface area contributed by atoms with E-state index >= 15 is 0 Å². The second-order valence-electron chi connectivity index (χ2n) is 3.51. The molecule has 3 heteroatoms. The summed E-state index contributed by atoms with van der Waals surface area (Å²) in [5.74, 6) is 1.79. The third-order valence-corrected chi connectivity index (χ3v) is 2.98. The van der Waals surface area contributed by atoms with Gasteiger partial charge in [0.2, 0.25) is 0 Å². The number of carboxylic acid groups (broad SMARTS) is 1. The summed E-state index contributed by atoms with van der Waals surface area (Å²) in [6, 6.07) is 0. The molecule has 0 amide bonds. The lowest BCUT2D eigenvalue weighted by atomic mass is 9.60. The standard InChI is InChI=1S/C6H10.C3H5ClO2/c1-2-6-4-3-5(1)6;4-2-1-3(5)6/h5-6H,1-4H2;1-2H2,(H,5,6). The van der Waals surface area contributed by atoms with E-state index in [1.807, 2.05) is 0 Å². The van der Waals surface area contributed by atoms with E-state index in [1.165, 1.54) is 11.8 Å². The zero-order chi connectivity index (χ0) is 8.97. The molecule has 0 unspecified atom stereocenters. The Bertz CT molecular complexity index is 141. The van der Waals surface area contributed by atoms with Crippen LogP contribution in [0.2, 0.25) is 0 Å². The Balaban J connectivity index is 0.000000120. The van der Waals surface area contributed by atoms with Crippen LogP contribution in [0.4, 0.5) is 0 Å². The molecule has 2 aliphatic rings. The van der Waals surface area contributed by atoms with Crippen LogP contribution in [0.15, 0.2) is 0 Å². The van der Waals surface area contributed by atoms with E-state index in [9.17, 15) is 4.79 Å². The van der Waals surface area contributed by atoms with Gasteiger partial charge in [0.05, 0.1) is 6.42 Å². The van der Waals surface area contributed by atoms with Gasteiger partial charge < -0.3 is 5.11 Å². The van der Waals surface area contributed by atoms with Crippen molar-refractivity contribution >= 4 is 17.6 Å². The number of hydrogen-bond acceptors (Lipinski definition) is 1. The molecule has 0 bridgehead atoms. The largest absolute Gasteiger partial charge is 0.481 e. The fourth-order valence-corrected chi connectivity index (χ4v) is 1.81. The van der Waals surface area contributed by atoms with Crippen LogP contribution in [0.1, 0.15) is 32.1 Å². The maximum absolute atomic E-state index is 9.51. The Morgan fingerprint density at radius 2 is 1.67 bits per heavy atom. The quantitative estimate of drug-likeness (QED) is 0.680. The Kier molecular flexibility index (Phi) is 3.86. The van der Waals surface area contributed by atoms with Crippen molar-refractivity contribution in [2.75, 3.05) is 5.88 Å². The van der Waals surface area contributed by atoms with E-state index in [2.05, 4.69) is 0 Å². The van der Waals surface area contributed by atoms with Crippen LogP contribution in [-0.2, 0) is 4.79 Å². The van der Waals surface area contributed by atoms with Crippen LogP contribution in [-0.4, -0.2) is 17.0 Å². The van der Waals surface area contributed by atoms with Gasteiger partial charge in [-0.05, 0) is 37.5 Å². The molecule has 0 radical (unpaired) electrons. The van der Waals surface area contributed by atoms with Gasteiger partial charge in [-0.1, -0.05) is 0 Å². The Morgan fingerprint density at radius 1 is 1.25 bits per heavy atom. The highest BCUT2D eigenvalue weighted by Gasteiger charge is 2.37. The third-order valence-electron chi connectivity index (χ3n) is 2.79. The number of carboxylic acids is 1. The summed E-state index contributed by atoms with van der Waals surface area (Å²) in [5, 5.41) is 7.83. The van der Waals surface area contributed by atoms with Crippen molar-refractivity contribution in [2.24, 2.45) is 11.8 Å². The van der Waals surface area contributed by atoms with Crippen LogP contribution >= 0.6 is 11.6 Å². The van der Waals surface area contributed by atoms with Crippen LogP contribution in [0.5, 0.6) is 0 Å². The zero-order valence-electron chi connectivity index (χ0n) is 7.13. The first kappa shape index (κ1) is 9.85. The predicted molar refractivity (Wildman–Crippen MR) is 48.4 cm³/mol. The van der Waals surface area contributed by atoms with Crippen molar-refractivity contribution in [3.8, 4) is 0 Å². The van der Waals surface area contributed by atoms with Crippen molar-refractivity contribution in [1.29, 1.82) is 0 Å². The summed E-state index contributed by atoms with van der Waals surface area (Å²) in [6.45, 7) is 0. The lowest BCUT2D eigenvalue weighted by molar-refractivity contribution is -0.136. The van der Waals surface area contributed by atoms with Crippen molar-refractivity contribution in [3.05, 3.63) is 0 Å². The van der Waals surface area contributed by atoms with Gasteiger partial charge in [-0.2, -0.15) is 0 Å². The third kappa shape index (κ3) is 2.67. The first-order chi connectivity index (χ1) is 5.74. The van der Waals surface area contributed by atoms with Crippen molar-refractivity contribution in [2.45, 2.75) is 32.1 Å². The maximum atomic E-state index is 9.51. The molecule has 0 spiro atoms. The van der Waals surface area contributed by atoms with E-state index in [0.29, 0.717) is 0 Å². The normalized spacial score (nSPS) is 30.1. The van der Waals surface area contributed by atoms with Gasteiger partial charge in [-0.25, -0.2) is 0 Å². The highest BCUT2D eigenvalue weighted by atomic mass is 35.5. The second kappa shape index (κ2) is 4.70. The molecule has 2 saturated carbocycles. The van der Waals surface area contributed by atoms with E-state index in [1.54, 1.807) is 25.7 Å². The number of halogens is 1. The minimum atomic E-state index is -0.843. The Hall–Kier alpha value is -0.240. The molecule has 12 heavy (non-hydrogen) atoms. The minimum absolute atomic E-state index is 0.0571. The van der Waals surface area contributed by atoms with Gasteiger partial charge >= 0.3 is 5.97 Å². The van der Waals surface area contributed by atoms with E-state index in [4.69, 9.17) is 16.7 Å². The first-order valence-corrected chi connectivity index (χ1v) is 5.05. The molecule has 0 aliphatic heterocycles. The first-order valence-electron chi connectivity index (χ1n) is 4.51. The Labute approximate surface area is 77.9 Å². The van der Waals surface area contributed by atoms with Gasteiger partial charge in [-0.15, -0.1) is 11.6 Å². The minimum Gasteiger partial charge on any atom is -0.481 e. The highest BCUT2D eigenvalue weighted by Crippen LogP contribution is 2.49. The van der Waals surface area contributed by atoms with Crippen molar-refractivity contribution in [3.63, 3.8) is 0 Å². The molecule has 0 aromatic rings. The Morgan fingerprint density at radius 3 is 1.67 bits per heavy atom. The number of hydrogen-bond donors (Lipinski definition) is 1. The van der Waals surface area contributed by atoms with Gasteiger partial charge in [-0.3, -0.25) is 4.79 Å². The number of alkyl halides is 1. The average Bonchev–Trinajstić information content (AvgIpc) is 1.98. The molecule has 70 valence electrons. The molecule has 2 aliphatic carbocycles. The predicted octanol–water partition coefficient (Wildman–Crippen LogP) is 2.51. The summed E-state index contributed by atoms with van der Waals surface area (Å²) < 4.78 is 0. The molecule has 1 N–H and O–H groups in total. The SMILES string of the molecule is C1CC2CCC12.O=C(O)CCCl. The molecular weight excluding hydrogens is 176 g/mol. The van der Waals surface area contributed by atoms with Gasteiger partial charge in [0.15, 0.2) is 0 Å². The van der Waals surface area contributed by atoms with Gasteiger partial charge in [0.25, 0.3) is 0 Å². The maximum Gasteiger partial charge on any atom is 0.304 e. The fourth-order valence-electron chi connectivity index (χ4n) is 1.65. The monoisotopic (exact) mass is 190 g/mol. The average molecular weight is 191 g/mol. The van der Waals surface area contributed by atoms with Crippen molar-refractivity contribution in [1.82, 2.24) is 0 Å². The summed E-state index contributed by atoms with van der Waals surface area (Å²) >= 11 is 5.02. The molecule has 2 fully saturated rings. The van der Waals surface area contributed by atoms with E-state index < -0.39 is 5.97 Å². The zero-order valence-corrected chi connectivity index (χ0v) is 7.89. The number of rotatable bonds is 2. The van der Waals surface area contributed by atoms with Crippen LogP contribution < -0.4 is 0 Å². The van der Waals surface area contributed by atoms with Gasteiger partial charge in [0, 0.05) is 5.88 Å². The number of aliphatic carboxylic acids is 1. The topological polar surface area (TPSA) is 37.3 Å². The summed E-state index contributed by atoms with van der Waals surface area (Å²) in [6.07, 6.45) is 6.30. The summed E-state index contributed by atoms with van der Waals surface area (Å²) in [4.78, 5) is 9.51. The van der Waals surface area contributed by atoms with Crippen LogP contribution in [0, 0.1) is 11.8 Å². The molecule has 2 rings (SSSR count). The molecule has 2 nitrogen and oxygen atoms in total. The lowest BCUT2D eigenvalue weighted by Gasteiger charge is -2.46. The lowest BCUT2D eigenvalue weighted by Crippen LogP contribution is -2.34. The number of fused-ring (bicyclic) bond motifs is 1. The van der Waals surface area contributed by atoms with Crippen molar-refractivity contribution < 1.29 is 9.90 Å². The van der Waals surface area contributed by atoms with Crippen LogP contribution in [0.25, 0.3) is 0 Å².